The molecule has 5 heteroatoms. The first kappa shape index (κ1) is 18.2. The van der Waals surface area contributed by atoms with E-state index in [1.54, 1.807) is 12.4 Å². The van der Waals surface area contributed by atoms with Crippen molar-refractivity contribution in [1.29, 1.82) is 0 Å². The van der Waals surface area contributed by atoms with E-state index in [0.29, 0.717) is 17.4 Å². The number of fused-ring (bicyclic) bond motifs is 1. The van der Waals surface area contributed by atoms with Crippen molar-refractivity contribution in [3.8, 4) is 0 Å². The summed E-state index contributed by atoms with van der Waals surface area (Å²) in [6.45, 7) is 5.90. The van der Waals surface area contributed by atoms with Crippen LogP contribution in [0.1, 0.15) is 46.8 Å². The minimum Gasteiger partial charge on any atom is -0.336 e. The zero-order chi connectivity index (χ0) is 19.5. The van der Waals surface area contributed by atoms with Gasteiger partial charge in [-0.1, -0.05) is 56.3 Å². The summed E-state index contributed by atoms with van der Waals surface area (Å²) in [5.74, 6) is 0.800. The summed E-state index contributed by atoms with van der Waals surface area (Å²) in [5.41, 5.74) is 5.10. The van der Waals surface area contributed by atoms with Crippen LogP contribution in [0.25, 0.3) is 0 Å². The van der Waals surface area contributed by atoms with E-state index in [9.17, 15) is 4.79 Å². The number of hydrogen-bond donors (Lipinski definition) is 1. The maximum Gasteiger partial charge on any atom is 0.258 e. The first-order chi connectivity index (χ1) is 13.6. The highest BCUT2D eigenvalue weighted by molar-refractivity contribution is 6.04. The van der Waals surface area contributed by atoms with Crippen LogP contribution in [0.5, 0.6) is 0 Å². The molecule has 4 rings (SSSR count). The number of para-hydroxylation sites is 1. The normalized spacial score (nSPS) is 13.3. The third-order valence-electron chi connectivity index (χ3n) is 5.14. The topological polar surface area (TPSA) is 58.1 Å². The molecule has 142 valence electrons. The lowest BCUT2D eigenvalue weighted by Gasteiger charge is -2.28. The summed E-state index contributed by atoms with van der Waals surface area (Å²) in [5, 5.41) is 2.99. The molecule has 0 atom stereocenters. The second-order valence-corrected chi connectivity index (χ2v) is 7.41. The smallest absolute Gasteiger partial charge is 0.258 e. The molecule has 3 aromatic rings. The third-order valence-corrected chi connectivity index (χ3v) is 5.14. The number of nitrogens with one attached hydrogen (secondary N) is 1. The van der Waals surface area contributed by atoms with Gasteiger partial charge in [0.2, 0.25) is 5.95 Å². The predicted molar refractivity (Wildman–Crippen MR) is 112 cm³/mol. The zero-order valence-electron chi connectivity index (χ0n) is 16.2. The number of anilines is 2. The highest BCUT2D eigenvalue weighted by atomic mass is 16.1. The second-order valence-electron chi connectivity index (χ2n) is 7.41. The van der Waals surface area contributed by atoms with Crippen molar-refractivity contribution >= 4 is 17.5 Å². The molecule has 2 heterocycles. The van der Waals surface area contributed by atoms with E-state index in [1.165, 1.54) is 11.1 Å². The van der Waals surface area contributed by atoms with Gasteiger partial charge in [-0.05, 0) is 35.1 Å². The fourth-order valence-electron chi connectivity index (χ4n) is 3.58. The Morgan fingerprint density at radius 1 is 1.00 bits per heavy atom. The molecular formula is C23H24N4O. The van der Waals surface area contributed by atoms with Gasteiger partial charge in [0.05, 0.1) is 5.56 Å². The van der Waals surface area contributed by atoms with Crippen molar-refractivity contribution in [2.45, 2.75) is 32.7 Å². The van der Waals surface area contributed by atoms with Gasteiger partial charge in [0.25, 0.3) is 5.91 Å². The van der Waals surface area contributed by atoms with E-state index in [2.05, 4.69) is 58.3 Å². The van der Waals surface area contributed by atoms with Crippen molar-refractivity contribution in [3.05, 3.63) is 83.2 Å². The van der Waals surface area contributed by atoms with Crippen LogP contribution in [-0.4, -0.2) is 22.4 Å². The van der Waals surface area contributed by atoms with E-state index in [4.69, 9.17) is 0 Å². The lowest BCUT2D eigenvalue weighted by molar-refractivity contribution is 0.102. The molecule has 0 spiro atoms. The van der Waals surface area contributed by atoms with Crippen LogP contribution in [0, 0.1) is 0 Å². The minimum atomic E-state index is -0.191. The van der Waals surface area contributed by atoms with Crippen LogP contribution < -0.4 is 10.2 Å². The molecule has 1 aromatic heterocycles. The lowest BCUT2D eigenvalue weighted by Crippen LogP contribution is -2.31. The number of amides is 1. The fraction of sp³-hybridized carbons (Fsp3) is 0.261. The fourth-order valence-corrected chi connectivity index (χ4v) is 3.58. The number of aromatic nitrogens is 2. The average Bonchev–Trinajstić information content (AvgIpc) is 2.73. The predicted octanol–water partition coefficient (Wildman–Crippen LogP) is 4.42. The number of benzene rings is 2. The van der Waals surface area contributed by atoms with Gasteiger partial charge in [-0.25, -0.2) is 9.97 Å². The molecule has 28 heavy (non-hydrogen) atoms. The largest absolute Gasteiger partial charge is 0.336 e. The molecule has 0 fully saturated rings. The van der Waals surface area contributed by atoms with E-state index >= 15 is 0 Å². The van der Waals surface area contributed by atoms with Crippen LogP contribution in [0.4, 0.5) is 11.6 Å². The summed E-state index contributed by atoms with van der Waals surface area (Å²) in [6, 6.07) is 16.3. The van der Waals surface area contributed by atoms with Gasteiger partial charge in [-0.15, -0.1) is 0 Å². The van der Waals surface area contributed by atoms with Gasteiger partial charge in [0.1, 0.15) is 0 Å². The van der Waals surface area contributed by atoms with Crippen molar-refractivity contribution in [2.75, 3.05) is 16.8 Å². The molecule has 1 aliphatic rings. The van der Waals surface area contributed by atoms with Crippen molar-refractivity contribution in [3.63, 3.8) is 0 Å². The molecule has 2 aromatic carbocycles. The van der Waals surface area contributed by atoms with E-state index < -0.39 is 0 Å². The molecule has 0 saturated carbocycles. The first-order valence-corrected chi connectivity index (χ1v) is 9.66. The van der Waals surface area contributed by atoms with Gasteiger partial charge >= 0.3 is 0 Å². The van der Waals surface area contributed by atoms with Gasteiger partial charge in [0, 0.05) is 31.2 Å². The van der Waals surface area contributed by atoms with Crippen molar-refractivity contribution in [1.82, 2.24) is 9.97 Å². The van der Waals surface area contributed by atoms with Gasteiger partial charge in [-0.2, -0.15) is 0 Å². The molecule has 1 aliphatic heterocycles. The summed E-state index contributed by atoms with van der Waals surface area (Å²) < 4.78 is 0. The summed E-state index contributed by atoms with van der Waals surface area (Å²) in [6.07, 6.45) is 4.19. The maximum atomic E-state index is 12.6. The molecule has 1 N–H and O–H groups in total. The second kappa shape index (κ2) is 7.80. The number of carbonyl (C=O) groups is 1. The Morgan fingerprint density at radius 3 is 2.43 bits per heavy atom. The monoisotopic (exact) mass is 372 g/mol. The SMILES string of the molecule is CC(C)c1ccccc1NC(=O)c1cnc(N2CCc3ccccc3C2)nc1. The standard InChI is InChI=1S/C23H24N4O/c1-16(2)20-9-5-6-10-21(20)26-22(28)19-13-24-23(25-14-19)27-12-11-17-7-3-4-8-18(17)15-27/h3-10,13-14,16H,11-12,15H2,1-2H3,(H,26,28). The Bertz CT molecular complexity index is 982. The third kappa shape index (κ3) is 3.74. The Labute approximate surface area is 165 Å². The van der Waals surface area contributed by atoms with Crippen LogP contribution >= 0.6 is 0 Å². The highest BCUT2D eigenvalue weighted by Gasteiger charge is 2.19. The highest BCUT2D eigenvalue weighted by Crippen LogP contribution is 2.25. The van der Waals surface area contributed by atoms with Crippen molar-refractivity contribution in [2.24, 2.45) is 0 Å². The van der Waals surface area contributed by atoms with Gasteiger partial charge in [-0.3, -0.25) is 4.79 Å². The quantitative estimate of drug-likeness (QED) is 0.737. The van der Waals surface area contributed by atoms with E-state index in [1.807, 2.05) is 24.3 Å². The summed E-state index contributed by atoms with van der Waals surface area (Å²) in [4.78, 5) is 23.7. The molecule has 1 amide bonds. The Kier molecular flexibility index (Phi) is 5.06. The number of hydrogen-bond acceptors (Lipinski definition) is 4. The van der Waals surface area contributed by atoms with Crippen LogP contribution in [-0.2, 0) is 13.0 Å². The van der Waals surface area contributed by atoms with Crippen LogP contribution in [0.15, 0.2) is 60.9 Å². The minimum absolute atomic E-state index is 0.191. The molecule has 0 radical (unpaired) electrons. The van der Waals surface area contributed by atoms with Crippen LogP contribution in [0.3, 0.4) is 0 Å². The van der Waals surface area contributed by atoms with E-state index in [0.717, 1.165) is 30.8 Å². The molecular weight excluding hydrogens is 348 g/mol. The summed E-state index contributed by atoms with van der Waals surface area (Å²) in [7, 11) is 0. The average molecular weight is 372 g/mol. The van der Waals surface area contributed by atoms with Gasteiger partial charge < -0.3 is 10.2 Å². The molecule has 0 aliphatic carbocycles. The lowest BCUT2D eigenvalue weighted by atomic mass is 10.0. The molecule has 0 bridgehead atoms. The van der Waals surface area contributed by atoms with Crippen molar-refractivity contribution < 1.29 is 4.79 Å². The Hall–Kier alpha value is -3.21. The number of rotatable bonds is 4. The molecule has 0 saturated heterocycles. The zero-order valence-corrected chi connectivity index (χ0v) is 16.2. The van der Waals surface area contributed by atoms with Crippen LogP contribution in [0.2, 0.25) is 0 Å². The number of carbonyl (C=O) groups excluding carboxylic acids is 1. The first-order valence-electron chi connectivity index (χ1n) is 9.66. The maximum absolute atomic E-state index is 12.6. The number of nitrogens with zero attached hydrogens (tertiary/aromatic N) is 3. The Balaban J connectivity index is 1.47. The van der Waals surface area contributed by atoms with Gasteiger partial charge in [0.15, 0.2) is 0 Å². The van der Waals surface area contributed by atoms with E-state index in [-0.39, 0.29) is 5.91 Å². The molecule has 5 nitrogen and oxygen atoms in total. The summed E-state index contributed by atoms with van der Waals surface area (Å²) >= 11 is 0. The molecule has 0 unspecified atom stereocenters. The Morgan fingerprint density at radius 2 is 1.68 bits per heavy atom.